The van der Waals surface area contributed by atoms with E-state index in [0.29, 0.717) is 48.3 Å². The molecular formula is C25H26N6O5. The predicted molar refractivity (Wildman–Crippen MR) is 130 cm³/mol. The van der Waals surface area contributed by atoms with Crippen LogP contribution in [0.4, 0.5) is 0 Å². The van der Waals surface area contributed by atoms with Gasteiger partial charge in [0.15, 0.2) is 28.8 Å². The number of aromatic nitrogens is 5. The number of ether oxygens (including phenoxy) is 4. The summed E-state index contributed by atoms with van der Waals surface area (Å²) in [4.78, 5) is 25.7. The maximum Gasteiger partial charge on any atom is 0.275 e. The van der Waals surface area contributed by atoms with E-state index in [0.717, 1.165) is 10.9 Å². The lowest BCUT2D eigenvalue weighted by Gasteiger charge is -2.35. The summed E-state index contributed by atoms with van der Waals surface area (Å²) < 4.78 is 24.1. The normalized spacial score (nSPS) is 16.8. The van der Waals surface area contributed by atoms with Crippen LogP contribution in [-0.2, 0) is 0 Å². The Balaban J connectivity index is 1.25. The Kier molecular flexibility index (Phi) is 6.52. The first-order valence-corrected chi connectivity index (χ1v) is 11.6. The van der Waals surface area contributed by atoms with Gasteiger partial charge in [0.25, 0.3) is 5.91 Å². The molecule has 1 N–H and O–H groups in total. The zero-order valence-corrected chi connectivity index (χ0v) is 20.2. The maximum atomic E-state index is 13.0. The number of nitrogens with one attached hydrogen (secondary N) is 1. The lowest BCUT2D eigenvalue weighted by atomic mass is 9.89. The SMILES string of the molecule is CCOc1cn(-c2cnccn2)nc1C(=O)NC1CC(Oc2ccnc3cc(OC)c(OC)cc23)C1. The van der Waals surface area contributed by atoms with Crippen molar-refractivity contribution in [2.45, 2.75) is 31.9 Å². The summed E-state index contributed by atoms with van der Waals surface area (Å²) in [6.45, 7) is 2.26. The van der Waals surface area contributed by atoms with Crippen LogP contribution in [0.1, 0.15) is 30.3 Å². The van der Waals surface area contributed by atoms with Crippen molar-refractivity contribution in [1.29, 1.82) is 0 Å². The van der Waals surface area contributed by atoms with Gasteiger partial charge in [-0.25, -0.2) is 9.67 Å². The molecule has 11 heteroatoms. The van der Waals surface area contributed by atoms with Gasteiger partial charge in [0.1, 0.15) is 11.9 Å². The highest BCUT2D eigenvalue weighted by atomic mass is 16.5. The van der Waals surface area contributed by atoms with E-state index < -0.39 is 0 Å². The summed E-state index contributed by atoms with van der Waals surface area (Å²) in [6.07, 6.45) is 9.31. The average molecular weight is 491 g/mol. The summed E-state index contributed by atoms with van der Waals surface area (Å²) in [5.74, 6) is 2.49. The number of hydrogen-bond acceptors (Lipinski definition) is 9. The van der Waals surface area contributed by atoms with Crippen molar-refractivity contribution in [2.24, 2.45) is 0 Å². The fourth-order valence-electron chi connectivity index (χ4n) is 4.07. The van der Waals surface area contributed by atoms with E-state index in [1.807, 2.05) is 25.1 Å². The van der Waals surface area contributed by atoms with Crippen LogP contribution in [0.5, 0.6) is 23.0 Å². The van der Waals surface area contributed by atoms with E-state index in [4.69, 9.17) is 18.9 Å². The number of amides is 1. The molecule has 0 bridgehead atoms. The summed E-state index contributed by atoms with van der Waals surface area (Å²) >= 11 is 0. The van der Waals surface area contributed by atoms with Gasteiger partial charge in [-0.05, 0) is 19.1 Å². The van der Waals surface area contributed by atoms with Crippen molar-refractivity contribution in [3.8, 4) is 28.8 Å². The Morgan fingerprint density at radius 1 is 1.06 bits per heavy atom. The quantitative estimate of drug-likeness (QED) is 0.377. The Morgan fingerprint density at radius 3 is 2.58 bits per heavy atom. The van der Waals surface area contributed by atoms with Crippen molar-refractivity contribution in [3.63, 3.8) is 0 Å². The number of rotatable bonds is 9. The smallest absolute Gasteiger partial charge is 0.275 e. The highest BCUT2D eigenvalue weighted by Gasteiger charge is 2.34. The molecule has 11 nitrogen and oxygen atoms in total. The number of benzene rings is 1. The lowest BCUT2D eigenvalue weighted by molar-refractivity contribution is 0.0702. The summed E-state index contributed by atoms with van der Waals surface area (Å²) in [5.41, 5.74) is 0.949. The van der Waals surface area contributed by atoms with Crippen LogP contribution < -0.4 is 24.3 Å². The first-order valence-electron chi connectivity index (χ1n) is 11.6. The minimum absolute atomic E-state index is 0.0404. The van der Waals surface area contributed by atoms with Crippen LogP contribution in [0.25, 0.3) is 16.7 Å². The molecule has 1 aliphatic carbocycles. The topological polar surface area (TPSA) is 123 Å². The van der Waals surface area contributed by atoms with Crippen molar-refractivity contribution < 1.29 is 23.7 Å². The average Bonchev–Trinajstić information content (AvgIpc) is 3.31. The van der Waals surface area contributed by atoms with Crippen molar-refractivity contribution in [2.75, 3.05) is 20.8 Å². The number of methoxy groups -OCH3 is 2. The molecule has 3 aromatic heterocycles. The largest absolute Gasteiger partial charge is 0.493 e. The molecule has 0 unspecified atom stereocenters. The van der Waals surface area contributed by atoms with Gasteiger partial charge in [-0.1, -0.05) is 0 Å². The molecule has 0 spiro atoms. The first kappa shape index (κ1) is 23.3. The first-order chi connectivity index (χ1) is 17.6. The van der Waals surface area contributed by atoms with Crippen LogP contribution in [0.15, 0.2) is 49.2 Å². The van der Waals surface area contributed by atoms with Gasteiger partial charge >= 0.3 is 0 Å². The summed E-state index contributed by atoms with van der Waals surface area (Å²) in [6, 6.07) is 5.47. The van der Waals surface area contributed by atoms with Gasteiger partial charge in [-0.15, -0.1) is 0 Å². The third-order valence-corrected chi connectivity index (χ3v) is 5.91. The Hall–Kier alpha value is -4.41. The highest BCUT2D eigenvalue weighted by molar-refractivity contribution is 5.95. The van der Waals surface area contributed by atoms with Gasteiger partial charge in [0.2, 0.25) is 0 Å². The monoisotopic (exact) mass is 490 g/mol. The van der Waals surface area contributed by atoms with E-state index >= 15 is 0 Å². The van der Waals surface area contributed by atoms with E-state index in [1.165, 1.54) is 4.68 Å². The number of pyridine rings is 1. The fraction of sp³-hybridized carbons (Fsp3) is 0.320. The second-order valence-corrected chi connectivity index (χ2v) is 8.20. The highest BCUT2D eigenvalue weighted by Crippen LogP contribution is 2.37. The van der Waals surface area contributed by atoms with Crippen molar-refractivity contribution in [3.05, 3.63) is 54.9 Å². The minimum Gasteiger partial charge on any atom is -0.493 e. The molecule has 0 radical (unpaired) electrons. The molecule has 1 saturated carbocycles. The summed E-state index contributed by atoms with van der Waals surface area (Å²) in [5, 5.41) is 8.23. The van der Waals surface area contributed by atoms with Gasteiger partial charge in [0.05, 0.1) is 38.7 Å². The minimum atomic E-state index is -0.310. The molecular weight excluding hydrogens is 464 g/mol. The predicted octanol–water partition coefficient (Wildman–Crippen LogP) is 2.97. The van der Waals surface area contributed by atoms with Gasteiger partial charge in [0, 0.05) is 48.9 Å². The molecule has 1 aliphatic rings. The van der Waals surface area contributed by atoms with Gasteiger partial charge < -0.3 is 24.3 Å². The van der Waals surface area contributed by atoms with E-state index in [9.17, 15) is 4.79 Å². The second-order valence-electron chi connectivity index (χ2n) is 8.20. The van der Waals surface area contributed by atoms with Crippen LogP contribution in [0.2, 0.25) is 0 Å². The zero-order valence-electron chi connectivity index (χ0n) is 20.2. The van der Waals surface area contributed by atoms with E-state index in [2.05, 4.69) is 25.4 Å². The molecule has 36 heavy (non-hydrogen) atoms. The number of hydrogen-bond donors (Lipinski definition) is 1. The van der Waals surface area contributed by atoms with Crippen LogP contribution in [0, 0.1) is 0 Å². The third kappa shape index (κ3) is 4.59. The lowest BCUT2D eigenvalue weighted by Crippen LogP contribution is -2.49. The molecule has 0 saturated heterocycles. The number of fused-ring (bicyclic) bond motifs is 1. The van der Waals surface area contributed by atoms with Crippen molar-refractivity contribution in [1.82, 2.24) is 30.0 Å². The second kappa shape index (κ2) is 10.1. The molecule has 1 fully saturated rings. The number of carbonyl (C=O) groups excluding carboxylic acids is 1. The molecule has 5 rings (SSSR count). The van der Waals surface area contributed by atoms with Gasteiger partial charge in [-0.3, -0.25) is 14.8 Å². The van der Waals surface area contributed by atoms with Crippen LogP contribution >= 0.6 is 0 Å². The Labute approximate surface area is 207 Å². The number of carbonyl (C=O) groups is 1. The van der Waals surface area contributed by atoms with E-state index in [-0.39, 0.29) is 23.7 Å². The standard InChI is InChI=1S/C25H26N6O5/c1-4-35-22-14-31(23-13-26-7-8-28-23)30-24(22)25(32)29-15-9-16(10-15)36-19-5-6-27-18-12-21(34-3)20(33-2)11-17(18)19/h5-8,11-16H,4,9-10H2,1-3H3,(H,29,32). The summed E-state index contributed by atoms with van der Waals surface area (Å²) in [7, 11) is 3.18. The third-order valence-electron chi connectivity index (χ3n) is 5.91. The Morgan fingerprint density at radius 2 is 1.86 bits per heavy atom. The molecule has 3 heterocycles. The van der Waals surface area contributed by atoms with Gasteiger partial charge in [-0.2, -0.15) is 5.10 Å². The molecule has 0 aliphatic heterocycles. The zero-order chi connectivity index (χ0) is 25.1. The van der Waals surface area contributed by atoms with E-state index in [1.54, 1.807) is 45.2 Å². The molecule has 0 atom stereocenters. The molecule has 186 valence electrons. The molecule has 1 amide bonds. The number of nitrogens with zero attached hydrogens (tertiary/aromatic N) is 5. The molecule has 1 aromatic carbocycles. The fourth-order valence-corrected chi connectivity index (χ4v) is 4.07. The van der Waals surface area contributed by atoms with Crippen molar-refractivity contribution >= 4 is 16.8 Å². The van der Waals surface area contributed by atoms with Crippen LogP contribution in [0.3, 0.4) is 0 Å². The maximum absolute atomic E-state index is 13.0. The van der Waals surface area contributed by atoms with Crippen LogP contribution in [-0.4, -0.2) is 63.6 Å². The Bertz CT molecular complexity index is 1370. The molecule has 4 aromatic rings.